The van der Waals surface area contributed by atoms with E-state index in [0.29, 0.717) is 12.5 Å². The number of hydrogen-bond donors (Lipinski definition) is 1. The van der Waals surface area contributed by atoms with Gasteiger partial charge in [0.15, 0.2) is 5.82 Å². The van der Waals surface area contributed by atoms with E-state index in [1.54, 1.807) is 0 Å². The summed E-state index contributed by atoms with van der Waals surface area (Å²) < 4.78 is 5.22. The minimum absolute atomic E-state index is 0.523. The first-order chi connectivity index (χ1) is 7.79. The Hall–Kier alpha value is -0.900. The molecule has 0 bridgehead atoms. The first-order valence-corrected chi connectivity index (χ1v) is 6.32. The van der Waals surface area contributed by atoms with Gasteiger partial charge in [-0.2, -0.15) is 4.98 Å². The molecule has 1 aromatic rings. The molecule has 16 heavy (non-hydrogen) atoms. The normalized spacial score (nSPS) is 25.9. The lowest BCUT2D eigenvalue weighted by Gasteiger charge is -2.23. The predicted octanol–water partition coefficient (Wildman–Crippen LogP) is 2.47. The van der Waals surface area contributed by atoms with Crippen molar-refractivity contribution in [2.75, 3.05) is 6.54 Å². The van der Waals surface area contributed by atoms with Crippen LogP contribution in [0.25, 0.3) is 0 Å². The summed E-state index contributed by atoms with van der Waals surface area (Å²) in [5.41, 5.74) is 0. The van der Waals surface area contributed by atoms with Crippen LogP contribution in [0.5, 0.6) is 0 Å². The number of nitrogens with one attached hydrogen (secondary N) is 1. The van der Waals surface area contributed by atoms with E-state index in [9.17, 15) is 0 Å². The van der Waals surface area contributed by atoms with E-state index < -0.39 is 0 Å². The Morgan fingerprint density at radius 3 is 2.75 bits per heavy atom. The van der Waals surface area contributed by atoms with Crippen LogP contribution in [0.15, 0.2) is 4.52 Å². The largest absolute Gasteiger partial charge is 0.338 e. The van der Waals surface area contributed by atoms with E-state index in [2.05, 4.69) is 29.3 Å². The molecule has 0 spiro atoms. The summed E-state index contributed by atoms with van der Waals surface area (Å²) in [6.07, 6.45) is 5.01. The Balaban J connectivity index is 1.91. The SMILES string of the molecule is CCNCc1nc(C2CCC(C)CC2)no1. The molecule has 1 N–H and O–H groups in total. The first-order valence-electron chi connectivity index (χ1n) is 6.32. The molecule has 0 saturated heterocycles. The fourth-order valence-electron chi connectivity index (χ4n) is 2.26. The van der Waals surface area contributed by atoms with Crippen LogP contribution in [-0.4, -0.2) is 16.7 Å². The molecule has 1 heterocycles. The first kappa shape index (κ1) is 11.6. The van der Waals surface area contributed by atoms with Gasteiger partial charge in [-0.25, -0.2) is 0 Å². The lowest BCUT2D eigenvalue weighted by Crippen LogP contribution is -2.13. The zero-order valence-corrected chi connectivity index (χ0v) is 10.2. The van der Waals surface area contributed by atoms with E-state index in [-0.39, 0.29) is 0 Å². The molecule has 0 atom stereocenters. The van der Waals surface area contributed by atoms with Gasteiger partial charge in [0.05, 0.1) is 6.54 Å². The number of nitrogens with zero attached hydrogens (tertiary/aromatic N) is 2. The van der Waals surface area contributed by atoms with Crippen LogP contribution in [0.1, 0.15) is 57.2 Å². The van der Waals surface area contributed by atoms with Crippen LogP contribution in [0.2, 0.25) is 0 Å². The van der Waals surface area contributed by atoms with Gasteiger partial charge in [0.2, 0.25) is 5.89 Å². The Labute approximate surface area is 96.8 Å². The maximum Gasteiger partial charge on any atom is 0.240 e. The highest BCUT2D eigenvalue weighted by molar-refractivity contribution is 4.97. The third-order valence-corrected chi connectivity index (χ3v) is 3.39. The zero-order chi connectivity index (χ0) is 11.4. The van der Waals surface area contributed by atoms with Crippen molar-refractivity contribution >= 4 is 0 Å². The summed E-state index contributed by atoms with van der Waals surface area (Å²) in [6.45, 7) is 6.01. The standard InChI is InChI=1S/C12H21N3O/c1-3-13-8-11-14-12(15-16-11)10-6-4-9(2)5-7-10/h9-10,13H,3-8H2,1-2H3. The molecule has 90 valence electrons. The fourth-order valence-corrected chi connectivity index (χ4v) is 2.26. The molecule has 1 aromatic heterocycles. The molecule has 1 aliphatic carbocycles. The predicted molar refractivity (Wildman–Crippen MR) is 62.1 cm³/mol. The minimum Gasteiger partial charge on any atom is -0.338 e. The second-order valence-corrected chi connectivity index (χ2v) is 4.78. The van der Waals surface area contributed by atoms with E-state index in [0.717, 1.165) is 24.2 Å². The highest BCUT2D eigenvalue weighted by Crippen LogP contribution is 2.33. The molecule has 4 heteroatoms. The summed E-state index contributed by atoms with van der Waals surface area (Å²) in [7, 11) is 0. The molecule has 1 fully saturated rings. The molecule has 2 rings (SSSR count). The average Bonchev–Trinajstić information content (AvgIpc) is 2.76. The van der Waals surface area contributed by atoms with Gasteiger partial charge in [0.25, 0.3) is 0 Å². The molecule has 0 aromatic carbocycles. The molecule has 1 aliphatic rings. The van der Waals surface area contributed by atoms with E-state index in [4.69, 9.17) is 4.52 Å². The number of hydrogen-bond acceptors (Lipinski definition) is 4. The van der Waals surface area contributed by atoms with E-state index in [1.165, 1.54) is 25.7 Å². The minimum atomic E-state index is 0.523. The lowest BCUT2D eigenvalue weighted by molar-refractivity contribution is 0.322. The van der Waals surface area contributed by atoms with Crippen molar-refractivity contribution in [1.82, 2.24) is 15.5 Å². The number of aromatic nitrogens is 2. The second-order valence-electron chi connectivity index (χ2n) is 4.78. The maximum atomic E-state index is 5.22. The highest BCUT2D eigenvalue weighted by atomic mass is 16.5. The molecule has 0 radical (unpaired) electrons. The van der Waals surface area contributed by atoms with Crippen LogP contribution in [0.4, 0.5) is 0 Å². The summed E-state index contributed by atoms with van der Waals surface area (Å²) in [6, 6.07) is 0. The summed E-state index contributed by atoms with van der Waals surface area (Å²) in [5.74, 6) is 3.02. The topological polar surface area (TPSA) is 51.0 Å². The third-order valence-electron chi connectivity index (χ3n) is 3.39. The van der Waals surface area contributed by atoms with Crippen molar-refractivity contribution in [3.8, 4) is 0 Å². The van der Waals surface area contributed by atoms with Crippen molar-refractivity contribution in [2.24, 2.45) is 5.92 Å². The monoisotopic (exact) mass is 223 g/mol. The Bertz CT molecular complexity index is 316. The van der Waals surface area contributed by atoms with Gasteiger partial charge in [-0.05, 0) is 25.3 Å². The maximum absolute atomic E-state index is 5.22. The molecule has 0 unspecified atom stereocenters. The highest BCUT2D eigenvalue weighted by Gasteiger charge is 2.23. The van der Waals surface area contributed by atoms with Gasteiger partial charge in [-0.1, -0.05) is 31.8 Å². The van der Waals surface area contributed by atoms with Gasteiger partial charge < -0.3 is 9.84 Å². The Morgan fingerprint density at radius 1 is 1.31 bits per heavy atom. The second kappa shape index (κ2) is 5.43. The van der Waals surface area contributed by atoms with Crippen molar-refractivity contribution in [3.63, 3.8) is 0 Å². The quantitative estimate of drug-likeness (QED) is 0.852. The van der Waals surface area contributed by atoms with E-state index in [1.807, 2.05) is 0 Å². The number of rotatable bonds is 4. The molecule has 4 nitrogen and oxygen atoms in total. The summed E-state index contributed by atoms with van der Waals surface area (Å²) in [5, 5.41) is 7.28. The molecule has 0 aliphatic heterocycles. The van der Waals surface area contributed by atoms with Crippen LogP contribution in [-0.2, 0) is 6.54 Å². The van der Waals surface area contributed by atoms with Crippen LogP contribution >= 0.6 is 0 Å². The van der Waals surface area contributed by atoms with Crippen molar-refractivity contribution in [3.05, 3.63) is 11.7 Å². The zero-order valence-electron chi connectivity index (χ0n) is 10.2. The van der Waals surface area contributed by atoms with Crippen molar-refractivity contribution < 1.29 is 4.52 Å². The Morgan fingerprint density at radius 2 is 2.06 bits per heavy atom. The summed E-state index contributed by atoms with van der Waals surface area (Å²) in [4.78, 5) is 4.46. The molecule has 0 amide bonds. The van der Waals surface area contributed by atoms with Gasteiger partial charge in [0.1, 0.15) is 0 Å². The molecule has 1 saturated carbocycles. The third kappa shape index (κ3) is 2.82. The van der Waals surface area contributed by atoms with Crippen molar-refractivity contribution in [2.45, 2.75) is 52.0 Å². The van der Waals surface area contributed by atoms with Gasteiger partial charge in [-0.15, -0.1) is 0 Å². The average molecular weight is 223 g/mol. The van der Waals surface area contributed by atoms with Crippen LogP contribution in [0.3, 0.4) is 0 Å². The van der Waals surface area contributed by atoms with Crippen LogP contribution in [0, 0.1) is 5.92 Å². The fraction of sp³-hybridized carbons (Fsp3) is 0.833. The molecular weight excluding hydrogens is 202 g/mol. The van der Waals surface area contributed by atoms with E-state index >= 15 is 0 Å². The Kier molecular flexibility index (Phi) is 3.93. The van der Waals surface area contributed by atoms with Gasteiger partial charge in [0, 0.05) is 5.92 Å². The van der Waals surface area contributed by atoms with Crippen molar-refractivity contribution in [1.29, 1.82) is 0 Å². The summed E-state index contributed by atoms with van der Waals surface area (Å²) >= 11 is 0. The van der Waals surface area contributed by atoms with Crippen LogP contribution < -0.4 is 5.32 Å². The smallest absolute Gasteiger partial charge is 0.240 e. The van der Waals surface area contributed by atoms with Gasteiger partial charge in [-0.3, -0.25) is 0 Å². The lowest BCUT2D eigenvalue weighted by atomic mass is 9.83. The van der Waals surface area contributed by atoms with Gasteiger partial charge >= 0.3 is 0 Å². The molecular formula is C12H21N3O.